The molecule has 18 heavy (non-hydrogen) atoms. The van der Waals surface area contributed by atoms with E-state index in [2.05, 4.69) is 15.3 Å². The summed E-state index contributed by atoms with van der Waals surface area (Å²) >= 11 is 0. The number of rotatable bonds is 3. The van der Waals surface area contributed by atoms with Gasteiger partial charge in [0.05, 0.1) is 12.2 Å². The minimum atomic E-state index is -0.430. The highest BCUT2D eigenvalue weighted by molar-refractivity contribution is 5.92. The van der Waals surface area contributed by atoms with Gasteiger partial charge in [0.1, 0.15) is 11.5 Å². The number of aromatic nitrogens is 2. The van der Waals surface area contributed by atoms with E-state index in [0.29, 0.717) is 5.56 Å². The highest BCUT2D eigenvalue weighted by Crippen LogP contribution is 2.16. The van der Waals surface area contributed by atoms with Gasteiger partial charge in [-0.05, 0) is 13.0 Å². The second-order valence-corrected chi connectivity index (χ2v) is 3.81. The zero-order chi connectivity index (χ0) is 13.0. The van der Waals surface area contributed by atoms with E-state index in [9.17, 15) is 9.18 Å². The summed E-state index contributed by atoms with van der Waals surface area (Å²) in [5, 5.41) is 2.67. The number of nitrogens with one attached hydrogen (secondary N) is 1. The second kappa shape index (κ2) is 5.35. The lowest BCUT2D eigenvalue weighted by Crippen LogP contribution is -2.28. The highest BCUT2D eigenvalue weighted by Gasteiger charge is 2.14. The van der Waals surface area contributed by atoms with Crippen molar-refractivity contribution in [2.45, 2.75) is 13.0 Å². The molecule has 0 bridgehead atoms. The number of carbonyl (C=O) groups is 1. The molecule has 1 atom stereocenters. The molecule has 0 spiro atoms. The molecule has 0 saturated carbocycles. The number of halogens is 1. The Morgan fingerprint density at radius 2 is 2.11 bits per heavy atom. The van der Waals surface area contributed by atoms with Crippen molar-refractivity contribution in [1.29, 1.82) is 0 Å². The molecule has 1 amide bonds. The first kappa shape index (κ1) is 12.2. The van der Waals surface area contributed by atoms with Crippen molar-refractivity contribution in [3.8, 4) is 0 Å². The van der Waals surface area contributed by atoms with Gasteiger partial charge in [-0.1, -0.05) is 18.2 Å². The van der Waals surface area contributed by atoms with Crippen LogP contribution in [0.2, 0.25) is 0 Å². The van der Waals surface area contributed by atoms with E-state index < -0.39 is 6.04 Å². The quantitative estimate of drug-likeness (QED) is 0.901. The minimum Gasteiger partial charge on any atom is -0.344 e. The number of carbonyl (C=O) groups excluding carboxylic acids is 1. The summed E-state index contributed by atoms with van der Waals surface area (Å²) in [5.41, 5.74) is 0.649. The first-order valence-corrected chi connectivity index (χ1v) is 5.50. The third-order valence-corrected chi connectivity index (χ3v) is 2.52. The van der Waals surface area contributed by atoms with Crippen molar-refractivity contribution in [1.82, 2.24) is 15.3 Å². The molecule has 4 nitrogen and oxygen atoms in total. The fourth-order valence-electron chi connectivity index (χ4n) is 1.59. The average molecular weight is 245 g/mol. The van der Waals surface area contributed by atoms with E-state index in [4.69, 9.17) is 0 Å². The third kappa shape index (κ3) is 2.68. The summed E-state index contributed by atoms with van der Waals surface area (Å²) in [6, 6.07) is 5.90. The molecule has 1 aromatic heterocycles. The van der Waals surface area contributed by atoms with Crippen LogP contribution in [-0.4, -0.2) is 15.9 Å². The SMILES string of the molecule is C[C@H](NC(=O)c1cnccn1)c1ccccc1F. The average Bonchev–Trinajstić information content (AvgIpc) is 2.40. The molecule has 0 unspecified atom stereocenters. The van der Waals surface area contributed by atoms with Gasteiger partial charge < -0.3 is 5.32 Å². The third-order valence-electron chi connectivity index (χ3n) is 2.52. The maximum absolute atomic E-state index is 13.5. The van der Waals surface area contributed by atoms with Crippen molar-refractivity contribution in [3.05, 3.63) is 59.9 Å². The van der Waals surface area contributed by atoms with Crippen LogP contribution in [-0.2, 0) is 0 Å². The van der Waals surface area contributed by atoms with E-state index >= 15 is 0 Å². The number of hydrogen-bond acceptors (Lipinski definition) is 3. The van der Waals surface area contributed by atoms with Gasteiger partial charge in [0.2, 0.25) is 0 Å². The Kier molecular flexibility index (Phi) is 3.62. The molecule has 5 heteroatoms. The molecule has 0 fully saturated rings. The molecule has 1 N–H and O–H groups in total. The van der Waals surface area contributed by atoms with Crippen LogP contribution in [0.15, 0.2) is 42.9 Å². The standard InChI is InChI=1S/C13H12FN3O/c1-9(10-4-2-3-5-11(10)14)17-13(18)12-8-15-6-7-16-12/h2-9H,1H3,(H,17,18)/t9-/m0/s1. The first-order valence-electron chi connectivity index (χ1n) is 5.50. The normalized spacial score (nSPS) is 11.9. The second-order valence-electron chi connectivity index (χ2n) is 3.81. The van der Waals surface area contributed by atoms with Gasteiger partial charge in [0, 0.05) is 18.0 Å². The van der Waals surface area contributed by atoms with Crippen LogP contribution in [0.5, 0.6) is 0 Å². The summed E-state index contributed by atoms with van der Waals surface area (Å²) in [6.07, 6.45) is 4.28. The van der Waals surface area contributed by atoms with Gasteiger partial charge in [-0.2, -0.15) is 0 Å². The Balaban J connectivity index is 2.11. The monoisotopic (exact) mass is 245 g/mol. The maximum atomic E-state index is 13.5. The van der Waals surface area contributed by atoms with Crippen LogP contribution in [0.4, 0.5) is 4.39 Å². The zero-order valence-corrected chi connectivity index (χ0v) is 9.80. The fraction of sp³-hybridized carbons (Fsp3) is 0.154. The molecule has 2 aromatic rings. The van der Waals surface area contributed by atoms with E-state index in [1.165, 1.54) is 24.7 Å². The Labute approximate surface area is 104 Å². The summed E-state index contributed by atoms with van der Waals surface area (Å²) in [4.78, 5) is 19.5. The number of nitrogens with zero attached hydrogens (tertiary/aromatic N) is 2. The highest BCUT2D eigenvalue weighted by atomic mass is 19.1. The summed E-state index contributed by atoms with van der Waals surface area (Å²) in [6.45, 7) is 1.71. The molecule has 0 saturated heterocycles. The minimum absolute atomic E-state index is 0.209. The van der Waals surface area contributed by atoms with E-state index in [1.807, 2.05) is 0 Å². The first-order chi connectivity index (χ1) is 8.68. The predicted octanol–water partition coefficient (Wildman–Crippen LogP) is 2.11. The molecule has 1 heterocycles. The molecular weight excluding hydrogens is 233 g/mol. The van der Waals surface area contributed by atoms with Crippen molar-refractivity contribution < 1.29 is 9.18 Å². The van der Waals surface area contributed by atoms with Crippen molar-refractivity contribution >= 4 is 5.91 Å². The summed E-state index contributed by atoms with van der Waals surface area (Å²) in [5.74, 6) is -0.719. The van der Waals surface area contributed by atoms with Crippen molar-refractivity contribution in [2.24, 2.45) is 0 Å². The topological polar surface area (TPSA) is 54.9 Å². The van der Waals surface area contributed by atoms with Crippen molar-refractivity contribution in [2.75, 3.05) is 0 Å². The summed E-state index contributed by atoms with van der Waals surface area (Å²) < 4.78 is 13.5. The Bertz CT molecular complexity index is 545. The van der Waals surface area contributed by atoms with Crippen LogP contribution in [0, 0.1) is 5.82 Å². The molecular formula is C13H12FN3O. The van der Waals surface area contributed by atoms with Gasteiger partial charge in [-0.25, -0.2) is 9.37 Å². The lowest BCUT2D eigenvalue weighted by molar-refractivity contribution is 0.0934. The van der Waals surface area contributed by atoms with Crippen LogP contribution < -0.4 is 5.32 Å². The van der Waals surface area contributed by atoms with Crippen LogP contribution in [0.3, 0.4) is 0 Å². The van der Waals surface area contributed by atoms with E-state index in [1.54, 1.807) is 25.1 Å². The van der Waals surface area contributed by atoms with E-state index in [0.717, 1.165) is 0 Å². The molecule has 0 aliphatic carbocycles. The van der Waals surface area contributed by atoms with E-state index in [-0.39, 0.29) is 17.4 Å². The largest absolute Gasteiger partial charge is 0.344 e. The fourth-order valence-corrected chi connectivity index (χ4v) is 1.59. The number of hydrogen-bond donors (Lipinski definition) is 1. The van der Waals surface area contributed by atoms with Gasteiger partial charge in [-0.3, -0.25) is 9.78 Å². The Morgan fingerprint density at radius 3 is 2.78 bits per heavy atom. The van der Waals surface area contributed by atoms with Gasteiger partial charge in [-0.15, -0.1) is 0 Å². The number of amides is 1. The maximum Gasteiger partial charge on any atom is 0.271 e. The molecule has 92 valence electrons. The smallest absolute Gasteiger partial charge is 0.271 e. The lowest BCUT2D eigenvalue weighted by atomic mass is 10.1. The Hall–Kier alpha value is -2.30. The molecule has 0 aliphatic heterocycles. The van der Waals surface area contributed by atoms with Crippen molar-refractivity contribution in [3.63, 3.8) is 0 Å². The Morgan fingerprint density at radius 1 is 1.33 bits per heavy atom. The molecule has 2 rings (SSSR count). The van der Waals surface area contributed by atoms with Crippen LogP contribution in [0.25, 0.3) is 0 Å². The lowest BCUT2D eigenvalue weighted by Gasteiger charge is -2.14. The molecule has 1 aromatic carbocycles. The van der Waals surface area contributed by atoms with Crippen LogP contribution in [0.1, 0.15) is 29.0 Å². The molecule has 0 radical (unpaired) electrons. The van der Waals surface area contributed by atoms with Gasteiger partial charge in [0.15, 0.2) is 0 Å². The number of benzene rings is 1. The van der Waals surface area contributed by atoms with Gasteiger partial charge in [0.25, 0.3) is 5.91 Å². The van der Waals surface area contributed by atoms with Crippen LogP contribution >= 0.6 is 0 Å². The predicted molar refractivity (Wildman–Crippen MR) is 64.3 cm³/mol. The summed E-state index contributed by atoms with van der Waals surface area (Å²) in [7, 11) is 0. The van der Waals surface area contributed by atoms with Gasteiger partial charge >= 0.3 is 0 Å². The molecule has 0 aliphatic rings. The zero-order valence-electron chi connectivity index (χ0n) is 9.80.